The quantitative estimate of drug-likeness (QED) is 0.123. The molecule has 0 atom stereocenters. The van der Waals surface area contributed by atoms with E-state index in [-0.39, 0.29) is 0 Å². The molecular formula is C60H36N6. The van der Waals surface area contributed by atoms with Crippen molar-refractivity contribution < 1.29 is 0 Å². The third kappa shape index (κ3) is 6.42. The van der Waals surface area contributed by atoms with E-state index in [2.05, 4.69) is 152 Å². The molecule has 0 aliphatic rings. The van der Waals surface area contributed by atoms with Crippen molar-refractivity contribution in [3.63, 3.8) is 0 Å². The lowest BCUT2D eigenvalue weighted by atomic mass is 9.88. The Bertz CT molecular complexity index is 3940. The summed E-state index contributed by atoms with van der Waals surface area (Å²) in [6.45, 7) is 0. The number of hydrogen-bond acceptors (Lipinski definition) is 6. The maximum absolute atomic E-state index is 5.35. The van der Waals surface area contributed by atoms with Gasteiger partial charge in [0.05, 0.1) is 50.5 Å². The Balaban J connectivity index is 0.864. The number of fused-ring (bicyclic) bond motifs is 7. The first-order valence-electron chi connectivity index (χ1n) is 22.1. The minimum Gasteiger partial charge on any atom is -0.254 e. The SMILES string of the molecule is c1ccc(-c2cc(-c3ccc4cc(-c5ccc6nc(-c7c8ccccc8c(-c8ccc9ccc%10cccnc%10c9n8)c8ccccc78)ccc6c5)ccc4n3)nc(-c3ccccc3)n2)cc1. The second kappa shape index (κ2) is 15.4. The lowest BCUT2D eigenvalue weighted by Gasteiger charge is -2.17. The van der Waals surface area contributed by atoms with Crippen LogP contribution in [0.15, 0.2) is 219 Å². The molecule has 0 bridgehead atoms. The lowest BCUT2D eigenvalue weighted by Crippen LogP contribution is -1.97. The summed E-state index contributed by atoms with van der Waals surface area (Å²) in [6, 6.07) is 73.8. The van der Waals surface area contributed by atoms with Gasteiger partial charge in [0.15, 0.2) is 5.82 Å². The van der Waals surface area contributed by atoms with Gasteiger partial charge in [-0.05, 0) is 87.3 Å². The van der Waals surface area contributed by atoms with E-state index >= 15 is 0 Å². The monoisotopic (exact) mass is 840 g/mol. The van der Waals surface area contributed by atoms with Crippen molar-refractivity contribution in [3.05, 3.63) is 219 Å². The van der Waals surface area contributed by atoms with Gasteiger partial charge in [-0.1, -0.05) is 158 Å². The number of nitrogens with zero attached hydrogens (tertiary/aromatic N) is 6. The van der Waals surface area contributed by atoms with Gasteiger partial charge in [-0.25, -0.2) is 24.9 Å². The molecule has 0 saturated heterocycles. The van der Waals surface area contributed by atoms with Gasteiger partial charge in [-0.3, -0.25) is 4.98 Å². The van der Waals surface area contributed by atoms with Crippen LogP contribution in [0.3, 0.4) is 0 Å². The number of hydrogen-bond donors (Lipinski definition) is 0. The first-order chi connectivity index (χ1) is 32.7. The van der Waals surface area contributed by atoms with Gasteiger partial charge < -0.3 is 0 Å². The van der Waals surface area contributed by atoms with Crippen molar-refractivity contribution in [2.75, 3.05) is 0 Å². The van der Waals surface area contributed by atoms with Crippen molar-refractivity contribution in [2.24, 2.45) is 0 Å². The Labute approximate surface area is 379 Å². The molecule has 0 radical (unpaired) electrons. The molecular weight excluding hydrogens is 805 g/mol. The molecule has 8 aromatic carbocycles. The largest absolute Gasteiger partial charge is 0.254 e. The molecule has 6 heteroatoms. The topological polar surface area (TPSA) is 77.3 Å². The lowest BCUT2D eigenvalue weighted by molar-refractivity contribution is 1.17. The van der Waals surface area contributed by atoms with Crippen LogP contribution < -0.4 is 0 Å². The van der Waals surface area contributed by atoms with Crippen LogP contribution >= 0.6 is 0 Å². The third-order valence-electron chi connectivity index (χ3n) is 12.7. The van der Waals surface area contributed by atoms with Crippen molar-refractivity contribution in [3.8, 4) is 67.7 Å². The summed E-state index contributed by atoms with van der Waals surface area (Å²) >= 11 is 0. The second-order valence-corrected chi connectivity index (χ2v) is 16.7. The Kier molecular flexibility index (Phi) is 8.74. The molecule has 0 saturated carbocycles. The second-order valence-electron chi connectivity index (χ2n) is 16.7. The van der Waals surface area contributed by atoms with E-state index in [4.69, 9.17) is 29.9 Å². The van der Waals surface area contributed by atoms with E-state index < -0.39 is 0 Å². The van der Waals surface area contributed by atoms with Gasteiger partial charge >= 0.3 is 0 Å². The summed E-state index contributed by atoms with van der Waals surface area (Å²) < 4.78 is 0. The zero-order valence-electron chi connectivity index (χ0n) is 35.5. The highest BCUT2D eigenvalue weighted by atomic mass is 14.9. The maximum atomic E-state index is 5.35. The highest BCUT2D eigenvalue weighted by Crippen LogP contribution is 2.44. The van der Waals surface area contributed by atoms with E-state index in [1.165, 1.54) is 0 Å². The first kappa shape index (κ1) is 37.5. The number of aromatic nitrogens is 6. The summed E-state index contributed by atoms with van der Waals surface area (Å²) in [5, 5.41) is 8.80. The zero-order valence-corrected chi connectivity index (χ0v) is 35.5. The molecule has 0 fully saturated rings. The molecule has 5 heterocycles. The van der Waals surface area contributed by atoms with Gasteiger partial charge in [-0.2, -0.15) is 0 Å². The van der Waals surface area contributed by atoms with Crippen LogP contribution in [0.4, 0.5) is 0 Å². The summed E-state index contributed by atoms with van der Waals surface area (Å²) in [5.74, 6) is 0.670. The fourth-order valence-corrected chi connectivity index (χ4v) is 9.49. The smallest absolute Gasteiger partial charge is 0.160 e. The standard InChI is InChI=1S/C60H36N6/c1-3-12-37(13-4-1)54-36-55(66-60(65-54)40-14-5-2-6-15-40)51-30-26-43-34-41(24-28-49(43)62-51)42-25-29-50-44(35-42)27-32-52(63-50)56-45-17-7-9-19-47(45)57(48-20-10-8-18-46(48)56)53-31-23-39-22-21-38-16-11-33-61-58(38)59(39)64-53/h1-36H. The molecule has 13 rings (SSSR count). The Morgan fingerprint density at radius 1 is 0.258 bits per heavy atom. The Morgan fingerprint density at radius 2 is 0.742 bits per heavy atom. The fraction of sp³-hybridized carbons (Fsp3) is 0. The van der Waals surface area contributed by atoms with Crippen molar-refractivity contribution >= 4 is 65.2 Å². The van der Waals surface area contributed by atoms with E-state index in [0.29, 0.717) is 5.82 Å². The van der Waals surface area contributed by atoms with Crippen molar-refractivity contribution in [2.45, 2.75) is 0 Å². The average molecular weight is 841 g/mol. The first-order valence-corrected chi connectivity index (χ1v) is 22.1. The molecule has 66 heavy (non-hydrogen) atoms. The number of benzene rings is 8. The predicted octanol–water partition coefficient (Wildman–Crippen LogP) is 15.0. The van der Waals surface area contributed by atoms with Crippen LogP contribution in [0.2, 0.25) is 0 Å². The van der Waals surface area contributed by atoms with Crippen LogP contribution in [0.25, 0.3) is 133 Å². The summed E-state index contributed by atoms with van der Waals surface area (Å²) in [4.78, 5) is 30.5. The number of rotatable bonds is 6. The van der Waals surface area contributed by atoms with Gasteiger partial charge in [0, 0.05) is 50.0 Å². The van der Waals surface area contributed by atoms with E-state index in [1.54, 1.807) is 0 Å². The number of pyridine rings is 4. The summed E-state index contributed by atoms with van der Waals surface area (Å²) in [6.07, 6.45) is 1.84. The zero-order chi connectivity index (χ0) is 43.6. The fourth-order valence-electron chi connectivity index (χ4n) is 9.49. The van der Waals surface area contributed by atoms with Gasteiger partial charge in [0.1, 0.15) is 0 Å². The van der Waals surface area contributed by atoms with Crippen LogP contribution in [0.1, 0.15) is 0 Å². The molecule has 5 aromatic heterocycles. The minimum atomic E-state index is 0.670. The van der Waals surface area contributed by atoms with Crippen LogP contribution in [0, 0.1) is 0 Å². The predicted molar refractivity (Wildman–Crippen MR) is 271 cm³/mol. The van der Waals surface area contributed by atoms with E-state index in [0.717, 1.165) is 127 Å². The molecule has 306 valence electrons. The normalized spacial score (nSPS) is 11.6. The summed E-state index contributed by atoms with van der Waals surface area (Å²) in [7, 11) is 0. The van der Waals surface area contributed by atoms with Crippen LogP contribution in [-0.4, -0.2) is 29.9 Å². The van der Waals surface area contributed by atoms with Crippen LogP contribution in [0.5, 0.6) is 0 Å². The highest BCUT2D eigenvalue weighted by Gasteiger charge is 2.19. The molecule has 0 aliphatic carbocycles. The van der Waals surface area contributed by atoms with Gasteiger partial charge in [0.2, 0.25) is 0 Å². The highest BCUT2D eigenvalue weighted by molar-refractivity contribution is 6.21. The average Bonchev–Trinajstić information content (AvgIpc) is 3.39. The van der Waals surface area contributed by atoms with E-state index in [1.807, 2.05) is 66.9 Å². The minimum absolute atomic E-state index is 0.670. The molecule has 13 aromatic rings. The van der Waals surface area contributed by atoms with Crippen molar-refractivity contribution in [1.29, 1.82) is 0 Å². The molecule has 0 spiro atoms. The summed E-state index contributed by atoms with van der Waals surface area (Å²) in [5.41, 5.74) is 14.4. The third-order valence-corrected chi connectivity index (χ3v) is 12.7. The Morgan fingerprint density at radius 3 is 1.36 bits per heavy atom. The molecule has 6 nitrogen and oxygen atoms in total. The maximum Gasteiger partial charge on any atom is 0.160 e. The Hall–Kier alpha value is -9.00. The molecule has 0 amide bonds. The van der Waals surface area contributed by atoms with E-state index in [9.17, 15) is 0 Å². The van der Waals surface area contributed by atoms with Crippen LogP contribution in [-0.2, 0) is 0 Å². The molecule has 0 aliphatic heterocycles. The molecule has 0 N–H and O–H groups in total. The van der Waals surface area contributed by atoms with Crippen molar-refractivity contribution in [1.82, 2.24) is 29.9 Å². The van der Waals surface area contributed by atoms with Gasteiger partial charge in [0.25, 0.3) is 0 Å². The van der Waals surface area contributed by atoms with Gasteiger partial charge in [-0.15, -0.1) is 0 Å². The molecule has 0 unspecified atom stereocenters.